The lowest BCUT2D eigenvalue weighted by Gasteiger charge is -2.21. The van der Waals surface area contributed by atoms with Gasteiger partial charge in [-0.15, -0.1) is 12.4 Å². The number of aromatic hydroxyl groups is 1. The van der Waals surface area contributed by atoms with Crippen LogP contribution >= 0.6 is 12.4 Å². The van der Waals surface area contributed by atoms with E-state index in [0.29, 0.717) is 25.0 Å². The van der Waals surface area contributed by atoms with Gasteiger partial charge >= 0.3 is 0 Å². The molecule has 1 aromatic carbocycles. The van der Waals surface area contributed by atoms with Crippen molar-refractivity contribution in [3.05, 3.63) is 39.7 Å². The molecule has 3 rings (SSSR count). The zero-order valence-electron chi connectivity index (χ0n) is 15.2. The van der Waals surface area contributed by atoms with Crippen LogP contribution in [-0.2, 0) is 13.0 Å². The van der Waals surface area contributed by atoms with Crippen LogP contribution in [0, 0.1) is 0 Å². The summed E-state index contributed by atoms with van der Waals surface area (Å²) in [6, 6.07) is 5.60. The molecular weight excluding hydrogens is 354 g/mol. The van der Waals surface area contributed by atoms with Crippen molar-refractivity contribution in [2.24, 2.45) is 0 Å². The Balaban J connectivity index is 0.00000243. The molecule has 2 N–H and O–H groups in total. The van der Waals surface area contributed by atoms with E-state index >= 15 is 0 Å². The SMILES string of the molecule is CCN(CC)CCNC(=O)c1c(O)c2cccc3c2n(c1=O)CCC3.Cl. The van der Waals surface area contributed by atoms with Gasteiger partial charge in [-0.05, 0) is 37.6 Å². The van der Waals surface area contributed by atoms with Crippen molar-refractivity contribution < 1.29 is 9.90 Å². The van der Waals surface area contributed by atoms with Crippen LogP contribution in [0.25, 0.3) is 10.9 Å². The van der Waals surface area contributed by atoms with Crippen molar-refractivity contribution in [3.8, 4) is 5.75 Å². The second-order valence-electron chi connectivity index (χ2n) is 6.38. The Bertz CT molecular complexity index is 859. The fourth-order valence-electron chi connectivity index (χ4n) is 3.58. The summed E-state index contributed by atoms with van der Waals surface area (Å²) in [7, 11) is 0. The number of aromatic nitrogens is 1. The van der Waals surface area contributed by atoms with E-state index in [2.05, 4.69) is 24.1 Å². The van der Waals surface area contributed by atoms with Gasteiger partial charge in [-0.2, -0.15) is 0 Å². The number of pyridine rings is 1. The molecule has 0 unspecified atom stereocenters. The lowest BCUT2D eigenvalue weighted by atomic mass is 9.99. The molecule has 7 heteroatoms. The van der Waals surface area contributed by atoms with Gasteiger partial charge in [0.05, 0.1) is 5.52 Å². The monoisotopic (exact) mass is 379 g/mol. The highest BCUT2D eigenvalue weighted by molar-refractivity contribution is 6.02. The number of carbonyl (C=O) groups excluding carboxylic acids is 1. The number of amides is 1. The van der Waals surface area contributed by atoms with Crippen LogP contribution in [0.1, 0.15) is 36.2 Å². The summed E-state index contributed by atoms with van der Waals surface area (Å²) in [5, 5.41) is 13.9. The largest absolute Gasteiger partial charge is 0.506 e. The standard InChI is InChI=1S/C19H25N3O3.ClH/c1-3-21(4-2)12-10-20-18(24)15-17(23)14-9-5-7-13-8-6-11-22(16(13)14)19(15)25;/h5,7,9,23H,3-4,6,8,10-12H2,1-2H3,(H,20,24);1H. The highest BCUT2D eigenvalue weighted by Crippen LogP contribution is 2.31. The van der Waals surface area contributed by atoms with Gasteiger partial charge in [0.2, 0.25) is 0 Å². The summed E-state index contributed by atoms with van der Waals surface area (Å²) in [6.07, 6.45) is 1.74. The molecule has 0 atom stereocenters. The van der Waals surface area contributed by atoms with Crippen molar-refractivity contribution in [1.29, 1.82) is 0 Å². The zero-order chi connectivity index (χ0) is 18.0. The molecule has 142 valence electrons. The molecule has 0 fully saturated rings. The van der Waals surface area contributed by atoms with Gasteiger partial charge < -0.3 is 19.9 Å². The molecule has 0 radical (unpaired) electrons. The number of halogens is 1. The minimum absolute atomic E-state index is 0. The second-order valence-corrected chi connectivity index (χ2v) is 6.38. The normalized spacial score (nSPS) is 12.9. The maximum absolute atomic E-state index is 12.8. The number of benzene rings is 1. The first-order valence-electron chi connectivity index (χ1n) is 8.96. The smallest absolute Gasteiger partial charge is 0.267 e. The average molecular weight is 380 g/mol. The summed E-state index contributed by atoms with van der Waals surface area (Å²) < 4.78 is 1.63. The molecule has 0 bridgehead atoms. The molecule has 6 nitrogen and oxygen atoms in total. The summed E-state index contributed by atoms with van der Waals surface area (Å²) in [5.74, 6) is -0.711. The van der Waals surface area contributed by atoms with E-state index in [1.807, 2.05) is 12.1 Å². The molecule has 0 spiro atoms. The number of carbonyl (C=O) groups is 1. The molecule has 2 heterocycles. The maximum atomic E-state index is 12.8. The summed E-state index contributed by atoms with van der Waals surface area (Å²) in [4.78, 5) is 27.5. The number of nitrogens with one attached hydrogen (secondary N) is 1. The fraction of sp³-hybridized carbons (Fsp3) is 0.474. The Morgan fingerprint density at radius 1 is 1.31 bits per heavy atom. The van der Waals surface area contributed by atoms with Gasteiger partial charge in [0.25, 0.3) is 11.5 Å². The van der Waals surface area contributed by atoms with E-state index in [0.717, 1.165) is 37.0 Å². The lowest BCUT2D eigenvalue weighted by Crippen LogP contribution is -2.38. The molecule has 0 saturated carbocycles. The topological polar surface area (TPSA) is 74.6 Å². The molecule has 1 aliphatic heterocycles. The number of aryl methyl sites for hydroxylation is 2. The quantitative estimate of drug-likeness (QED) is 0.806. The number of para-hydroxylation sites is 1. The molecule has 0 saturated heterocycles. The average Bonchev–Trinajstić information content (AvgIpc) is 2.63. The minimum atomic E-state index is -0.503. The van der Waals surface area contributed by atoms with E-state index in [1.165, 1.54) is 0 Å². The van der Waals surface area contributed by atoms with Crippen molar-refractivity contribution in [1.82, 2.24) is 14.8 Å². The van der Waals surface area contributed by atoms with Crippen molar-refractivity contribution in [2.75, 3.05) is 26.2 Å². The van der Waals surface area contributed by atoms with Crippen molar-refractivity contribution >= 4 is 29.2 Å². The number of hydrogen-bond acceptors (Lipinski definition) is 4. The van der Waals surface area contributed by atoms with E-state index < -0.39 is 11.5 Å². The molecule has 0 aliphatic carbocycles. The van der Waals surface area contributed by atoms with Crippen LogP contribution in [-0.4, -0.2) is 46.7 Å². The van der Waals surface area contributed by atoms with Gasteiger partial charge in [0.1, 0.15) is 11.3 Å². The van der Waals surface area contributed by atoms with E-state index in [4.69, 9.17) is 0 Å². The van der Waals surface area contributed by atoms with Crippen LogP contribution < -0.4 is 10.9 Å². The van der Waals surface area contributed by atoms with Gasteiger partial charge in [-0.25, -0.2) is 0 Å². The molecule has 1 aliphatic rings. The third kappa shape index (κ3) is 3.57. The Morgan fingerprint density at radius 3 is 2.73 bits per heavy atom. The van der Waals surface area contributed by atoms with Crippen LogP contribution in [0.3, 0.4) is 0 Å². The van der Waals surface area contributed by atoms with E-state index in [9.17, 15) is 14.7 Å². The first-order valence-corrected chi connectivity index (χ1v) is 8.96. The molecule has 26 heavy (non-hydrogen) atoms. The molecular formula is C19H26ClN3O3. The second kappa shape index (κ2) is 8.56. The van der Waals surface area contributed by atoms with Crippen LogP contribution in [0.2, 0.25) is 0 Å². The minimum Gasteiger partial charge on any atom is -0.506 e. The predicted octanol–water partition coefficient (Wildman–Crippen LogP) is 2.15. The summed E-state index contributed by atoms with van der Waals surface area (Å²) >= 11 is 0. The van der Waals surface area contributed by atoms with Crippen LogP contribution in [0.5, 0.6) is 5.75 Å². The third-order valence-electron chi connectivity index (χ3n) is 5.00. The maximum Gasteiger partial charge on any atom is 0.267 e. The van der Waals surface area contributed by atoms with E-state index in [1.54, 1.807) is 10.6 Å². The van der Waals surface area contributed by atoms with Gasteiger partial charge in [-0.3, -0.25) is 9.59 Å². The molecule has 1 aromatic heterocycles. The molecule has 1 amide bonds. The zero-order valence-corrected chi connectivity index (χ0v) is 16.1. The van der Waals surface area contributed by atoms with Crippen molar-refractivity contribution in [3.63, 3.8) is 0 Å². The van der Waals surface area contributed by atoms with E-state index in [-0.39, 0.29) is 23.7 Å². The van der Waals surface area contributed by atoms with Gasteiger partial charge in [0, 0.05) is 25.0 Å². The number of hydrogen-bond donors (Lipinski definition) is 2. The Morgan fingerprint density at radius 2 is 2.04 bits per heavy atom. The van der Waals surface area contributed by atoms with Gasteiger partial charge in [0.15, 0.2) is 0 Å². The molecule has 2 aromatic rings. The Hall–Kier alpha value is -2.05. The number of nitrogens with zero attached hydrogens (tertiary/aromatic N) is 2. The van der Waals surface area contributed by atoms with Crippen molar-refractivity contribution in [2.45, 2.75) is 33.2 Å². The Kier molecular flexibility index (Phi) is 6.67. The highest BCUT2D eigenvalue weighted by Gasteiger charge is 2.24. The number of likely N-dealkylation sites (N-methyl/N-ethyl adjacent to an activating group) is 1. The Labute approximate surface area is 159 Å². The first kappa shape index (κ1) is 20.3. The summed E-state index contributed by atoms with van der Waals surface area (Å²) in [6.45, 7) is 7.67. The fourth-order valence-corrected chi connectivity index (χ4v) is 3.58. The predicted molar refractivity (Wildman–Crippen MR) is 106 cm³/mol. The highest BCUT2D eigenvalue weighted by atomic mass is 35.5. The lowest BCUT2D eigenvalue weighted by molar-refractivity contribution is 0.0944. The van der Waals surface area contributed by atoms with Crippen LogP contribution in [0.4, 0.5) is 0 Å². The number of rotatable bonds is 6. The van der Waals surface area contributed by atoms with Gasteiger partial charge in [-0.1, -0.05) is 26.0 Å². The summed E-state index contributed by atoms with van der Waals surface area (Å²) in [5.41, 5.74) is 1.25. The first-order chi connectivity index (χ1) is 12.1. The third-order valence-corrected chi connectivity index (χ3v) is 5.00. The van der Waals surface area contributed by atoms with Crippen LogP contribution in [0.15, 0.2) is 23.0 Å².